The number of fused-ring (bicyclic) bond motifs is 1. The number of unbranched alkanes of at least 4 members (excludes halogenated alkanes) is 12. The summed E-state index contributed by atoms with van der Waals surface area (Å²) < 4.78 is 73.5. The van der Waals surface area contributed by atoms with Crippen LogP contribution in [0.25, 0.3) is 11.2 Å². The predicted octanol–water partition coefficient (Wildman–Crippen LogP) is 5.49. The van der Waals surface area contributed by atoms with Crippen molar-refractivity contribution in [2.24, 2.45) is 0 Å². The van der Waals surface area contributed by atoms with Crippen molar-refractivity contribution in [1.29, 1.82) is 0 Å². The van der Waals surface area contributed by atoms with E-state index >= 15 is 0 Å². The Hall–Kier alpha value is -5.19. The number of nitrogens with two attached hydrogens (primary N) is 1. The Kier molecular flexibility index (Phi) is 46.3. The van der Waals surface area contributed by atoms with E-state index in [0.29, 0.717) is 172 Å². The zero-order valence-corrected chi connectivity index (χ0v) is 62.7. The number of amides is 4. The van der Waals surface area contributed by atoms with Crippen LogP contribution in [0.3, 0.4) is 0 Å². The summed E-state index contributed by atoms with van der Waals surface area (Å²) in [5, 5.41) is 46.4. The number of hydrogen-bond donors (Lipinski definition) is 10. The van der Waals surface area contributed by atoms with Gasteiger partial charge >= 0.3 is 15.2 Å². The lowest BCUT2D eigenvalue weighted by atomic mass is 10.0. The highest BCUT2D eigenvalue weighted by Gasteiger charge is 2.42. The van der Waals surface area contributed by atoms with Crippen LogP contribution in [-0.4, -0.2) is 243 Å². The third-order valence-corrected chi connectivity index (χ3v) is 19.9. The molecule has 4 rings (SSSR count). The van der Waals surface area contributed by atoms with Gasteiger partial charge in [-0.3, -0.25) is 52.1 Å². The van der Waals surface area contributed by atoms with Gasteiger partial charge in [-0.2, -0.15) is 0 Å². The predicted molar refractivity (Wildman–Crippen MR) is 381 cm³/mol. The van der Waals surface area contributed by atoms with Crippen LogP contribution in [0.5, 0.6) is 0 Å². The van der Waals surface area contributed by atoms with Gasteiger partial charge < -0.3 is 94.3 Å². The van der Waals surface area contributed by atoms with Crippen molar-refractivity contribution in [2.45, 2.75) is 248 Å². The van der Waals surface area contributed by atoms with E-state index in [4.69, 9.17) is 58.5 Å². The number of nitrogen functional groups attached to an aromatic ring is 1. The zero-order valence-electron chi connectivity index (χ0n) is 60.9. The van der Waals surface area contributed by atoms with Crippen molar-refractivity contribution in [3.63, 3.8) is 0 Å². The van der Waals surface area contributed by atoms with Gasteiger partial charge in [-0.05, 0) is 96.3 Å². The lowest BCUT2D eigenvalue weighted by Gasteiger charge is -2.34. The van der Waals surface area contributed by atoms with Crippen molar-refractivity contribution >= 4 is 78.9 Å². The zero-order chi connectivity index (χ0) is 75.9. The summed E-state index contributed by atoms with van der Waals surface area (Å²) in [6.45, 7) is -0.453. The number of methoxy groups -OCH3 is 1. The molecule has 594 valence electrons. The molecule has 2 fully saturated rings. The molecule has 104 heavy (non-hydrogen) atoms. The van der Waals surface area contributed by atoms with Gasteiger partial charge in [0.25, 0.3) is 0 Å². The Labute approximate surface area is 610 Å². The Morgan fingerprint density at radius 3 is 1.60 bits per heavy atom. The highest BCUT2D eigenvalue weighted by Crippen LogP contribution is 2.46. The number of carbonyl (C=O) groups excluding carboxylic acids is 8. The number of anilines is 1. The first-order chi connectivity index (χ1) is 50.0. The van der Waals surface area contributed by atoms with Crippen molar-refractivity contribution in [3.05, 3.63) is 12.7 Å². The van der Waals surface area contributed by atoms with E-state index in [1.807, 2.05) is 0 Å². The van der Waals surface area contributed by atoms with Crippen LogP contribution < -0.4 is 21.7 Å². The number of aromatic nitrogens is 4. The molecule has 2 aliphatic heterocycles. The maximum atomic E-state index is 14.0. The van der Waals surface area contributed by atoms with Crippen molar-refractivity contribution < 1.29 is 115 Å². The van der Waals surface area contributed by atoms with E-state index in [0.717, 1.165) is 12.8 Å². The third kappa shape index (κ3) is 39.1. The highest BCUT2D eigenvalue weighted by atomic mass is 31.2. The fraction of sp³-hybridized carbons (Fsp3) is 0.812. The van der Waals surface area contributed by atoms with E-state index < -0.39 is 70.6 Å². The van der Waals surface area contributed by atoms with Crippen LogP contribution in [-0.2, 0) is 85.0 Å². The number of ether oxygens (including phenoxy) is 6. The topological polar surface area (TPSA) is 475 Å². The number of nitrogens with one attached hydrogen (secondary N) is 3. The van der Waals surface area contributed by atoms with Gasteiger partial charge in [-0.15, -0.1) is 0 Å². The van der Waals surface area contributed by atoms with Crippen LogP contribution in [0.1, 0.15) is 218 Å². The largest absolute Gasteiger partial charge is 0.396 e. The van der Waals surface area contributed by atoms with Gasteiger partial charge in [0.2, 0.25) is 23.6 Å². The number of aliphatic hydroxyl groups excluding tert-OH is 4. The minimum absolute atomic E-state index is 0.00154. The number of ketones is 4. The molecule has 11 N–H and O–H groups in total. The smallest absolute Gasteiger partial charge is 0.353 e. The number of carbonyl (C=O) groups is 8. The number of Topliss-reactive ketones (excluding diaryl/α,β-unsaturated/α-hetero) is 4. The van der Waals surface area contributed by atoms with Gasteiger partial charge in [-0.1, -0.05) is 32.1 Å². The molecular weight excluding hydrogens is 1400 g/mol. The first-order valence-electron chi connectivity index (χ1n) is 37.1. The maximum Gasteiger partial charge on any atom is 0.353 e. The van der Waals surface area contributed by atoms with E-state index in [-0.39, 0.29) is 177 Å². The second kappa shape index (κ2) is 52.8. The molecule has 0 aliphatic carbocycles. The van der Waals surface area contributed by atoms with Gasteiger partial charge in [-0.25, -0.2) is 15.0 Å². The van der Waals surface area contributed by atoms with Crippen LogP contribution >= 0.6 is 15.2 Å². The molecule has 0 bridgehead atoms. The second-order valence-electron chi connectivity index (χ2n) is 26.9. The van der Waals surface area contributed by atoms with Crippen molar-refractivity contribution in [3.8, 4) is 0 Å². The van der Waals surface area contributed by atoms with Crippen LogP contribution in [0.2, 0.25) is 0 Å². The normalized spacial score (nSPS) is 18.5. The van der Waals surface area contributed by atoms with Crippen molar-refractivity contribution in [2.75, 3.05) is 118 Å². The summed E-state index contributed by atoms with van der Waals surface area (Å²) >= 11 is 0. The second-order valence-corrected chi connectivity index (χ2v) is 30.5. The molecule has 33 nitrogen and oxygen atoms in total. The molecule has 4 amide bonds. The summed E-state index contributed by atoms with van der Waals surface area (Å²) in [5.74, 6) is -0.731. The van der Waals surface area contributed by atoms with Crippen LogP contribution in [0, 0.1) is 0 Å². The fourth-order valence-corrected chi connectivity index (χ4v) is 13.5. The number of imidazole rings is 1. The molecule has 2 saturated heterocycles. The summed E-state index contributed by atoms with van der Waals surface area (Å²) in [4.78, 5) is 138. The number of hydrogen-bond acceptors (Lipinski definition) is 26. The minimum atomic E-state index is -4.53. The molecule has 0 radical (unpaired) electrons. The number of likely N-dealkylation sites (tertiary alicyclic amines) is 1. The van der Waals surface area contributed by atoms with Gasteiger partial charge in [0.1, 0.15) is 65.5 Å². The standard InChI is InChI=1S/C69H119N9O24P2/c1-95-51-103(91,92)101-45-60-59(42-65(102-60)78-50-75-66-67(70)73-49-74-68(66)78)99-52-104(93,94)100-44-53-41-58(86)43-77(53)64(90)29-10-5-3-2-4-9-28-63(89)76-69(46-96-38-30-56(84)22-8-6-7-21-54(82)25-13-18-35-79,47-97-39-31-57(85)24-12-17-33-71-61(87)27-15-20-37-81)48-98-40-32-62(88)72-34-16-11-23-55(83)26-14-19-36-80/h49-50,53,58-60,65,79-81,86H,2-48,51-52H2,1H3,(H,71,87)(H,72,88)(H,76,89)(H,91,92)(H,93,94)(H2,70,73,74)/t53-,58+,59-,60+,65+,69?/m0/s1. The molecule has 0 saturated carbocycles. The molecule has 3 unspecified atom stereocenters. The average molecular weight is 1520 g/mol. The highest BCUT2D eigenvalue weighted by molar-refractivity contribution is 7.52. The van der Waals surface area contributed by atoms with Crippen LogP contribution in [0.4, 0.5) is 5.82 Å². The van der Waals surface area contributed by atoms with E-state index in [1.165, 1.54) is 24.7 Å². The van der Waals surface area contributed by atoms with Crippen LogP contribution in [0.15, 0.2) is 12.7 Å². The molecule has 4 heterocycles. The summed E-state index contributed by atoms with van der Waals surface area (Å²) in [6.07, 6.45) is 12.2. The quantitative estimate of drug-likeness (QED) is 0.0289. The molecule has 0 aromatic carbocycles. The number of nitrogens with zero attached hydrogens (tertiary/aromatic N) is 5. The van der Waals surface area contributed by atoms with Gasteiger partial charge in [0.05, 0.1) is 77.4 Å². The number of rotatable bonds is 65. The van der Waals surface area contributed by atoms with Crippen molar-refractivity contribution in [1.82, 2.24) is 40.4 Å². The Balaban J connectivity index is 1.30. The van der Waals surface area contributed by atoms with E-state index in [1.54, 1.807) is 4.57 Å². The molecule has 35 heteroatoms. The fourth-order valence-electron chi connectivity index (χ4n) is 11.9. The SMILES string of the molecule is COCP(=O)(O)OC[C@H]1O[C@@H](n2cnc3c(N)ncnc32)C[C@@H]1OCP(=O)(O)OC[C@@H]1C[C@@H](O)CN1C(=O)CCCCCCCCC(=O)NC(COCCC(=O)CCCCCC(=O)CCCCO)(COCCC(=O)CCCCNC(=O)CCCCO)COCCC(=O)NCCCCC(=O)CCCCO. The lowest BCUT2D eigenvalue weighted by molar-refractivity contribution is -0.133. The first kappa shape index (κ1) is 91.2. The summed E-state index contributed by atoms with van der Waals surface area (Å²) in [5.41, 5.74) is 5.28. The monoisotopic (exact) mass is 1520 g/mol. The average Bonchev–Trinajstić information content (AvgIpc) is 1.64. The Morgan fingerprint density at radius 2 is 1.03 bits per heavy atom. The Bertz CT molecular complexity index is 2820. The van der Waals surface area contributed by atoms with E-state index in [2.05, 4.69) is 30.9 Å². The summed E-state index contributed by atoms with van der Waals surface area (Å²) in [6, 6.07) is -0.718. The minimum Gasteiger partial charge on any atom is -0.396 e. The summed E-state index contributed by atoms with van der Waals surface area (Å²) in [7, 11) is -7.50. The lowest BCUT2D eigenvalue weighted by Crippen LogP contribution is -2.58. The molecule has 8 atom stereocenters. The first-order valence-corrected chi connectivity index (χ1v) is 40.6. The molecule has 2 aromatic heterocycles. The third-order valence-electron chi connectivity index (χ3n) is 17.7. The Morgan fingerprint density at radius 1 is 0.567 bits per heavy atom. The molecule has 0 spiro atoms. The molecular formula is C69H119N9O24P2. The number of β-amino-alcohol motifs (C(OH)–C–C–N with tert-alkyl or cyclic N) is 1. The number of aliphatic hydroxyl groups is 4. The van der Waals surface area contributed by atoms with Gasteiger partial charge in [0, 0.05) is 130 Å². The van der Waals surface area contributed by atoms with E-state index in [9.17, 15) is 62.4 Å². The molecule has 2 aromatic rings. The molecule has 2 aliphatic rings. The maximum absolute atomic E-state index is 14.0. The van der Waals surface area contributed by atoms with Gasteiger partial charge in [0.15, 0.2) is 11.5 Å².